The Hall–Kier alpha value is -0.910. The summed E-state index contributed by atoms with van der Waals surface area (Å²) >= 11 is 0. The zero-order chi connectivity index (χ0) is 12.6. The smallest absolute Gasteiger partial charge is 0.0940 e. The summed E-state index contributed by atoms with van der Waals surface area (Å²) in [6.45, 7) is 2.16. The molecule has 1 aromatic rings. The van der Waals surface area contributed by atoms with Crippen LogP contribution in [0.4, 0.5) is 0 Å². The first-order valence-corrected chi connectivity index (χ1v) is 6.57. The number of rotatable bonds is 2. The molecule has 1 N–H and O–H groups in total. The quantitative estimate of drug-likeness (QED) is 0.854. The standard InChI is InChI=1S/C13H20N2O3/c1-15-8-11(7-14-15)12(16)10-2-4-18-13(6-10)3-5-17-9-13/h7-8,10,12,16H,2-6,9H2,1H3. The van der Waals surface area contributed by atoms with E-state index in [9.17, 15) is 5.11 Å². The Bertz CT molecular complexity index is 412. The number of hydrogen-bond donors (Lipinski definition) is 1. The summed E-state index contributed by atoms with van der Waals surface area (Å²) in [5.41, 5.74) is 0.755. The van der Waals surface area contributed by atoms with E-state index in [2.05, 4.69) is 5.10 Å². The normalized spacial score (nSPS) is 34.0. The third-order valence-electron chi connectivity index (χ3n) is 4.11. The molecule has 2 fully saturated rings. The first kappa shape index (κ1) is 12.1. The molecule has 1 spiro atoms. The highest BCUT2D eigenvalue weighted by atomic mass is 16.6. The zero-order valence-electron chi connectivity index (χ0n) is 10.7. The molecule has 5 nitrogen and oxygen atoms in total. The second-order valence-corrected chi connectivity index (χ2v) is 5.48. The van der Waals surface area contributed by atoms with E-state index in [0.29, 0.717) is 13.2 Å². The van der Waals surface area contributed by atoms with Gasteiger partial charge in [0.05, 0.1) is 24.5 Å². The van der Waals surface area contributed by atoms with Crippen LogP contribution in [0.2, 0.25) is 0 Å². The van der Waals surface area contributed by atoms with Crippen molar-refractivity contribution in [1.29, 1.82) is 0 Å². The van der Waals surface area contributed by atoms with Crippen LogP contribution in [0.25, 0.3) is 0 Å². The third-order valence-corrected chi connectivity index (χ3v) is 4.11. The Morgan fingerprint density at radius 2 is 2.44 bits per heavy atom. The maximum absolute atomic E-state index is 10.5. The molecule has 2 aliphatic heterocycles. The summed E-state index contributed by atoms with van der Waals surface area (Å²) in [6, 6.07) is 0. The van der Waals surface area contributed by atoms with Gasteiger partial charge in [0.15, 0.2) is 0 Å². The number of hydrogen-bond acceptors (Lipinski definition) is 4. The highest BCUT2D eigenvalue weighted by Gasteiger charge is 2.43. The van der Waals surface area contributed by atoms with Gasteiger partial charge in [-0.3, -0.25) is 4.68 Å². The molecule has 2 saturated heterocycles. The monoisotopic (exact) mass is 252 g/mol. The molecule has 100 valence electrons. The van der Waals surface area contributed by atoms with Gasteiger partial charge in [-0.05, 0) is 18.8 Å². The molecular weight excluding hydrogens is 232 g/mol. The number of ether oxygens (including phenoxy) is 2. The molecule has 0 aliphatic carbocycles. The van der Waals surface area contributed by atoms with Crippen LogP contribution >= 0.6 is 0 Å². The number of aliphatic hydroxyl groups excluding tert-OH is 1. The fraction of sp³-hybridized carbons (Fsp3) is 0.769. The molecule has 0 amide bonds. The molecule has 3 unspecified atom stereocenters. The molecule has 2 aliphatic rings. The summed E-state index contributed by atoms with van der Waals surface area (Å²) in [7, 11) is 1.87. The molecule has 0 saturated carbocycles. The number of aromatic nitrogens is 2. The second-order valence-electron chi connectivity index (χ2n) is 5.48. The predicted octanol–water partition coefficient (Wildman–Crippen LogP) is 1.04. The fourth-order valence-electron chi connectivity index (χ4n) is 3.06. The van der Waals surface area contributed by atoms with Crippen molar-refractivity contribution in [2.24, 2.45) is 13.0 Å². The molecule has 5 heteroatoms. The van der Waals surface area contributed by atoms with Gasteiger partial charge in [-0.1, -0.05) is 0 Å². The van der Waals surface area contributed by atoms with E-state index >= 15 is 0 Å². The van der Waals surface area contributed by atoms with E-state index in [-0.39, 0.29) is 11.5 Å². The van der Waals surface area contributed by atoms with E-state index in [1.54, 1.807) is 10.9 Å². The number of aryl methyl sites for hydroxylation is 1. The van der Waals surface area contributed by atoms with Gasteiger partial charge in [0.25, 0.3) is 0 Å². The first-order chi connectivity index (χ1) is 8.69. The minimum Gasteiger partial charge on any atom is -0.388 e. The summed E-state index contributed by atoms with van der Waals surface area (Å²) in [5, 5.41) is 14.6. The van der Waals surface area contributed by atoms with Crippen LogP contribution in [-0.4, -0.2) is 40.3 Å². The molecule has 3 rings (SSSR count). The minimum atomic E-state index is -0.444. The van der Waals surface area contributed by atoms with Gasteiger partial charge >= 0.3 is 0 Å². The van der Waals surface area contributed by atoms with Crippen LogP contribution in [0.5, 0.6) is 0 Å². The Balaban J connectivity index is 1.72. The molecule has 0 bridgehead atoms. The van der Waals surface area contributed by atoms with Crippen LogP contribution in [0, 0.1) is 5.92 Å². The first-order valence-electron chi connectivity index (χ1n) is 6.57. The highest BCUT2D eigenvalue weighted by molar-refractivity contribution is 5.10. The molecule has 18 heavy (non-hydrogen) atoms. The second kappa shape index (κ2) is 4.64. The molecule has 3 heterocycles. The lowest BCUT2D eigenvalue weighted by Gasteiger charge is -2.38. The largest absolute Gasteiger partial charge is 0.388 e. The van der Waals surface area contributed by atoms with E-state index in [4.69, 9.17) is 9.47 Å². The van der Waals surface area contributed by atoms with Gasteiger partial charge in [0, 0.05) is 38.4 Å². The lowest BCUT2D eigenvalue weighted by atomic mass is 9.81. The lowest BCUT2D eigenvalue weighted by Crippen LogP contribution is -2.41. The van der Waals surface area contributed by atoms with E-state index in [1.807, 2.05) is 13.2 Å². The van der Waals surface area contributed by atoms with Crippen molar-refractivity contribution in [3.8, 4) is 0 Å². The molecule has 3 atom stereocenters. The van der Waals surface area contributed by atoms with Crippen molar-refractivity contribution < 1.29 is 14.6 Å². The molecule has 1 aromatic heterocycles. The van der Waals surface area contributed by atoms with Crippen LogP contribution in [0.3, 0.4) is 0 Å². The summed E-state index contributed by atoms with van der Waals surface area (Å²) in [6.07, 6.45) is 5.92. The maximum atomic E-state index is 10.5. The van der Waals surface area contributed by atoms with Gasteiger partial charge in [-0.15, -0.1) is 0 Å². The van der Waals surface area contributed by atoms with Gasteiger partial charge in [0.2, 0.25) is 0 Å². The molecule has 0 aromatic carbocycles. The zero-order valence-corrected chi connectivity index (χ0v) is 10.7. The average Bonchev–Trinajstić information content (AvgIpc) is 2.98. The number of nitrogens with zero attached hydrogens (tertiary/aromatic N) is 2. The maximum Gasteiger partial charge on any atom is 0.0940 e. The lowest BCUT2D eigenvalue weighted by molar-refractivity contribution is -0.117. The Kier molecular flexibility index (Phi) is 3.13. The Labute approximate surface area is 107 Å². The van der Waals surface area contributed by atoms with Crippen LogP contribution in [0.1, 0.15) is 30.9 Å². The summed E-state index contributed by atoms with van der Waals surface area (Å²) < 4.78 is 13.1. The van der Waals surface area contributed by atoms with Crippen molar-refractivity contribution in [3.05, 3.63) is 18.0 Å². The predicted molar refractivity (Wildman–Crippen MR) is 65.0 cm³/mol. The number of aliphatic hydroxyl groups is 1. The van der Waals surface area contributed by atoms with Gasteiger partial charge in [-0.2, -0.15) is 5.10 Å². The molecular formula is C13H20N2O3. The van der Waals surface area contributed by atoms with Crippen molar-refractivity contribution >= 4 is 0 Å². The van der Waals surface area contributed by atoms with Crippen LogP contribution in [0.15, 0.2) is 12.4 Å². The van der Waals surface area contributed by atoms with Crippen molar-refractivity contribution in [2.45, 2.75) is 31.0 Å². The Morgan fingerprint density at radius 1 is 1.56 bits per heavy atom. The Morgan fingerprint density at radius 3 is 3.11 bits per heavy atom. The minimum absolute atomic E-state index is 0.147. The van der Waals surface area contributed by atoms with Crippen LogP contribution < -0.4 is 0 Å². The SMILES string of the molecule is Cn1cc(C(O)C2CCOC3(CCOC3)C2)cn1. The van der Waals surface area contributed by atoms with E-state index in [0.717, 1.165) is 31.4 Å². The summed E-state index contributed by atoms with van der Waals surface area (Å²) in [5.74, 6) is 0.240. The van der Waals surface area contributed by atoms with Crippen molar-refractivity contribution in [1.82, 2.24) is 9.78 Å². The third kappa shape index (κ3) is 2.18. The van der Waals surface area contributed by atoms with E-state index < -0.39 is 6.10 Å². The van der Waals surface area contributed by atoms with Crippen molar-refractivity contribution in [2.75, 3.05) is 19.8 Å². The average molecular weight is 252 g/mol. The molecule has 0 radical (unpaired) electrons. The van der Waals surface area contributed by atoms with Crippen LogP contribution in [-0.2, 0) is 16.5 Å². The summed E-state index contributed by atoms with van der Waals surface area (Å²) in [4.78, 5) is 0. The van der Waals surface area contributed by atoms with Gasteiger partial charge in [0.1, 0.15) is 0 Å². The fourth-order valence-corrected chi connectivity index (χ4v) is 3.06. The van der Waals surface area contributed by atoms with Gasteiger partial charge in [-0.25, -0.2) is 0 Å². The highest BCUT2D eigenvalue weighted by Crippen LogP contribution is 2.40. The topological polar surface area (TPSA) is 56.5 Å². The van der Waals surface area contributed by atoms with Crippen molar-refractivity contribution in [3.63, 3.8) is 0 Å². The van der Waals surface area contributed by atoms with E-state index in [1.165, 1.54) is 0 Å². The van der Waals surface area contributed by atoms with Gasteiger partial charge < -0.3 is 14.6 Å².